The Morgan fingerprint density at radius 3 is 2.53 bits per heavy atom. The molecule has 2 heteroatoms. The van der Waals surface area contributed by atoms with Crippen molar-refractivity contribution in [3.05, 3.63) is 35.4 Å². The van der Waals surface area contributed by atoms with E-state index in [0.717, 1.165) is 18.9 Å². The molecule has 1 N–H and O–H groups in total. The Kier molecular flexibility index (Phi) is 5.41. The van der Waals surface area contributed by atoms with Gasteiger partial charge in [0.05, 0.1) is 0 Å². The fourth-order valence-corrected chi connectivity index (χ4v) is 2.76. The minimum absolute atomic E-state index is 0.607. The zero-order valence-electron chi connectivity index (χ0n) is 12.7. The van der Waals surface area contributed by atoms with Gasteiger partial charge in [-0.1, -0.05) is 45.0 Å². The lowest BCUT2D eigenvalue weighted by atomic mass is 10.1. The number of rotatable bonds is 6. The monoisotopic (exact) mass is 260 g/mol. The van der Waals surface area contributed by atoms with Crippen LogP contribution in [0.15, 0.2) is 24.3 Å². The van der Waals surface area contributed by atoms with Crippen molar-refractivity contribution >= 4 is 0 Å². The standard InChI is InChI=1S/C17H28N2/c1-4-15-5-7-16(8-6-15)12-19-10-9-17(13-19)11-18-14(2)3/h5-8,14,17-18H,4,9-13H2,1-3H3. The minimum atomic E-state index is 0.607. The summed E-state index contributed by atoms with van der Waals surface area (Å²) in [6, 6.07) is 9.72. The smallest absolute Gasteiger partial charge is 0.0233 e. The molecule has 0 spiro atoms. The van der Waals surface area contributed by atoms with Gasteiger partial charge in [0, 0.05) is 19.1 Å². The van der Waals surface area contributed by atoms with Crippen LogP contribution in [0.2, 0.25) is 0 Å². The van der Waals surface area contributed by atoms with Gasteiger partial charge in [-0.3, -0.25) is 4.90 Å². The van der Waals surface area contributed by atoms with Crippen molar-refractivity contribution in [2.24, 2.45) is 5.92 Å². The first kappa shape index (κ1) is 14.5. The summed E-state index contributed by atoms with van der Waals surface area (Å²) < 4.78 is 0. The second kappa shape index (κ2) is 7.06. The van der Waals surface area contributed by atoms with Crippen molar-refractivity contribution in [3.63, 3.8) is 0 Å². The van der Waals surface area contributed by atoms with Gasteiger partial charge in [-0.25, -0.2) is 0 Å². The Morgan fingerprint density at radius 2 is 1.89 bits per heavy atom. The molecule has 1 aromatic rings. The SMILES string of the molecule is CCc1ccc(CN2CCC(CNC(C)C)C2)cc1. The number of likely N-dealkylation sites (tertiary alicyclic amines) is 1. The highest BCUT2D eigenvalue weighted by Gasteiger charge is 2.22. The topological polar surface area (TPSA) is 15.3 Å². The minimum Gasteiger partial charge on any atom is -0.314 e. The average molecular weight is 260 g/mol. The van der Waals surface area contributed by atoms with E-state index in [1.807, 2.05) is 0 Å². The molecule has 0 aliphatic carbocycles. The zero-order chi connectivity index (χ0) is 13.7. The van der Waals surface area contributed by atoms with Crippen LogP contribution in [-0.2, 0) is 13.0 Å². The van der Waals surface area contributed by atoms with Crippen molar-refractivity contribution in [3.8, 4) is 0 Å². The second-order valence-corrected chi connectivity index (χ2v) is 6.12. The number of benzene rings is 1. The molecule has 1 fully saturated rings. The molecule has 1 aromatic carbocycles. The first-order valence-corrected chi connectivity index (χ1v) is 7.71. The number of nitrogens with one attached hydrogen (secondary N) is 1. The summed E-state index contributed by atoms with van der Waals surface area (Å²) >= 11 is 0. The predicted molar refractivity (Wildman–Crippen MR) is 82.3 cm³/mol. The molecule has 106 valence electrons. The highest BCUT2D eigenvalue weighted by molar-refractivity contribution is 5.22. The quantitative estimate of drug-likeness (QED) is 0.845. The molecule has 0 bridgehead atoms. The Balaban J connectivity index is 1.77. The van der Waals surface area contributed by atoms with Gasteiger partial charge in [0.1, 0.15) is 0 Å². The van der Waals surface area contributed by atoms with E-state index in [9.17, 15) is 0 Å². The van der Waals surface area contributed by atoms with Gasteiger partial charge in [0.25, 0.3) is 0 Å². The lowest BCUT2D eigenvalue weighted by Crippen LogP contribution is -2.30. The summed E-state index contributed by atoms with van der Waals surface area (Å²) in [6.45, 7) is 11.4. The van der Waals surface area contributed by atoms with Crippen molar-refractivity contribution in [1.29, 1.82) is 0 Å². The molecular formula is C17H28N2. The summed E-state index contributed by atoms with van der Waals surface area (Å²) in [5, 5.41) is 3.56. The molecule has 0 saturated carbocycles. The van der Waals surface area contributed by atoms with Crippen molar-refractivity contribution in [2.45, 2.75) is 46.2 Å². The van der Waals surface area contributed by atoms with Crippen LogP contribution in [0.4, 0.5) is 0 Å². The largest absolute Gasteiger partial charge is 0.314 e. The van der Waals surface area contributed by atoms with Crippen LogP contribution in [0.25, 0.3) is 0 Å². The second-order valence-electron chi connectivity index (χ2n) is 6.12. The van der Waals surface area contributed by atoms with Gasteiger partial charge < -0.3 is 5.32 Å². The molecule has 1 aliphatic heterocycles. The molecule has 0 aromatic heterocycles. The highest BCUT2D eigenvalue weighted by Crippen LogP contribution is 2.18. The van der Waals surface area contributed by atoms with E-state index in [-0.39, 0.29) is 0 Å². The van der Waals surface area contributed by atoms with Crippen molar-refractivity contribution in [2.75, 3.05) is 19.6 Å². The van der Waals surface area contributed by atoms with Gasteiger partial charge in [0.2, 0.25) is 0 Å². The van der Waals surface area contributed by atoms with Gasteiger partial charge in [-0.15, -0.1) is 0 Å². The van der Waals surface area contributed by atoms with Crippen LogP contribution in [-0.4, -0.2) is 30.6 Å². The predicted octanol–water partition coefficient (Wildman–Crippen LogP) is 3.07. The van der Waals surface area contributed by atoms with Gasteiger partial charge in [-0.2, -0.15) is 0 Å². The van der Waals surface area contributed by atoms with Gasteiger partial charge in [0.15, 0.2) is 0 Å². The lowest BCUT2D eigenvalue weighted by Gasteiger charge is -2.17. The van der Waals surface area contributed by atoms with E-state index < -0.39 is 0 Å². The van der Waals surface area contributed by atoms with E-state index >= 15 is 0 Å². The van der Waals surface area contributed by atoms with Crippen LogP contribution in [0, 0.1) is 5.92 Å². The normalized spacial score (nSPS) is 20.3. The van der Waals surface area contributed by atoms with E-state index in [4.69, 9.17) is 0 Å². The van der Waals surface area contributed by atoms with E-state index in [1.165, 1.54) is 37.2 Å². The lowest BCUT2D eigenvalue weighted by molar-refractivity contribution is 0.312. The summed E-state index contributed by atoms with van der Waals surface area (Å²) in [7, 11) is 0. The molecule has 1 saturated heterocycles. The third kappa shape index (κ3) is 4.63. The van der Waals surface area contributed by atoms with Crippen LogP contribution in [0.3, 0.4) is 0 Å². The van der Waals surface area contributed by atoms with E-state index in [2.05, 4.69) is 55.3 Å². The third-order valence-electron chi connectivity index (χ3n) is 4.02. The molecule has 2 rings (SSSR count). The highest BCUT2D eigenvalue weighted by atomic mass is 15.1. The summed E-state index contributed by atoms with van der Waals surface area (Å²) in [6.07, 6.45) is 2.47. The Bertz CT molecular complexity index is 369. The zero-order valence-corrected chi connectivity index (χ0v) is 12.7. The number of hydrogen-bond acceptors (Lipinski definition) is 2. The third-order valence-corrected chi connectivity index (χ3v) is 4.02. The van der Waals surface area contributed by atoms with Crippen molar-refractivity contribution < 1.29 is 0 Å². The molecular weight excluding hydrogens is 232 g/mol. The van der Waals surface area contributed by atoms with Crippen LogP contribution >= 0.6 is 0 Å². The number of nitrogens with zero attached hydrogens (tertiary/aromatic N) is 1. The van der Waals surface area contributed by atoms with E-state index in [1.54, 1.807) is 0 Å². The summed E-state index contributed by atoms with van der Waals surface area (Å²) in [5.74, 6) is 0.831. The first-order valence-electron chi connectivity index (χ1n) is 7.71. The van der Waals surface area contributed by atoms with Gasteiger partial charge in [-0.05, 0) is 43.0 Å². The molecule has 0 radical (unpaired) electrons. The molecule has 19 heavy (non-hydrogen) atoms. The fourth-order valence-electron chi connectivity index (χ4n) is 2.76. The maximum absolute atomic E-state index is 3.56. The maximum Gasteiger partial charge on any atom is 0.0233 e. The number of aryl methyl sites for hydroxylation is 1. The van der Waals surface area contributed by atoms with Crippen molar-refractivity contribution in [1.82, 2.24) is 10.2 Å². The Hall–Kier alpha value is -0.860. The van der Waals surface area contributed by atoms with Crippen LogP contribution in [0.5, 0.6) is 0 Å². The van der Waals surface area contributed by atoms with Crippen LogP contribution in [0.1, 0.15) is 38.3 Å². The van der Waals surface area contributed by atoms with Gasteiger partial charge >= 0.3 is 0 Å². The molecule has 2 nitrogen and oxygen atoms in total. The van der Waals surface area contributed by atoms with E-state index in [0.29, 0.717) is 6.04 Å². The molecule has 0 amide bonds. The summed E-state index contributed by atoms with van der Waals surface area (Å²) in [4.78, 5) is 2.59. The Morgan fingerprint density at radius 1 is 1.21 bits per heavy atom. The van der Waals surface area contributed by atoms with Crippen LogP contribution < -0.4 is 5.32 Å². The first-order chi connectivity index (χ1) is 9.17. The molecule has 1 aliphatic rings. The average Bonchev–Trinajstić information content (AvgIpc) is 2.85. The summed E-state index contributed by atoms with van der Waals surface area (Å²) in [5.41, 5.74) is 2.89. The molecule has 1 unspecified atom stereocenters. The maximum atomic E-state index is 3.56. The fraction of sp³-hybridized carbons (Fsp3) is 0.647. The number of hydrogen-bond donors (Lipinski definition) is 1. The molecule has 1 heterocycles. The Labute approximate surface area is 118 Å². The molecule has 1 atom stereocenters.